The van der Waals surface area contributed by atoms with Gasteiger partial charge in [-0.25, -0.2) is 0 Å². The van der Waals surface area contributed by atoms with Crippen LogP contribution in [-0.2, 0) is 0 Å². The number of aryl methyl sites for hydroxylation is 1. The summed E-state index contributed by atoms with van der Waals surface area (Å²) in [5.41, 5.74) is 2.35. The topological polar surface area (TPSA) is 70.2 Å². The lowest BCUT2D eigenvalue weighted by Gasteiger charge is -2.20. The molecule has 3 N–H and O–H groups in total. The molecule has 0 radical (unpaired) electrons. The minimum absolute atomic E-state index is 0.170. The molecule has 0 unspecified atom stereocenters. The molecule has 0 saturated heterocycles. The van der Waals surface area contributed by atoms with Gasteiger partial charge in [0.2, 0.25) is 0 Å². The van der Waals surface area contributed by atoms with Gasteiger partial charge in [0.1, 0.15) is 0 Å². The number of benzene rings is 2. The zero-order valence-electron chi connectivity index (χ0n) is 15.3. The van der Waals surface area contributed by atoms with Crippen LogP contribution in [0.15, 0.2) is 48.5 Å². The summed E-state index contributed by atoms with van der Waals surface area (Å²) in [5, 5.41) is 8.65. The molecule has 2 aromatic carbocycles. The highest BCUT2D eigenvalue weighted by atomic mass is 32.1. The predicted octanol–water partition coefficient (Wildman–Crippen LogP) is 3.65. The SMILES string of the molecule is Cc1cccc(C(=O)NC(=S)Nc2cccc(C(=O)NC(C)(C)C)c2)c1. The molecule has 2 aromatic rings. The van der Waals surface area contributed by atoms with E-state index in [4.69, 9.17) is 12.2 Å². The molecule has 0 aliphatic rings. The summed E-state index contributed by atoms with van der Waals surface area (Å²) in [5.74, 6) is -0.455. The molecular formula is C20H23N3O2S. The maximum atomic E-state index is 12.3. The van der Waals surface area contributed by atoms with E-state index in [1.807, 2.05) is 39.8 Å². The van der Waals surface area contributed by atoms with Gasteiger partial charge in [0, 0.05) is 22.4 Å². The molecule has 0 aliphatic heterocycles. The number of thiocarbonyl (C=S) groups is 1. The van der Waals surface area contributed by atoms with Gasteiger partial charge in [-0.05, 0) is 70.2 Å². The van der Waals surface area contributed by atoms with Crippen molar-refractivity contribution in [3.63, 3.8) is 0 Å². The van der Waals surface area contributed by atoms with Gasteiger partial charge in [0.25, 0.3) is 11.8 Å². The summed E-state index contributed by atoms with van der Waals surface area (Å²) in [6, 6.07) is 14.2. The maximum absolute atomic E-state index is 12.3. The van der Waals surface area contributed by atoms with Crippen LogP contribution in [0.1, 0.15) is 47.1 Å². The molecule has 0 atom stereocenters. The monoisotopic (exact) mass is 369 g/mol. The molecule has 0 spiro atoms. The summed E-state index contributed by atoms with van der Waals surface area (Å²) in [6.45, 7) is 7.68. The Kier molecular flexibility index (Phi) is 6.10. The van der Waals surface area contributed by atoms with Crippen LogP contribution in [0.25, 0.3) is 0 Å². The van der Waals surface area contributed by atoms with Gasteiger partial charge in [-0.15, -0.1) is 0 Å². The van der Waals surface area contributed by atoms with Crippen molar-refractivity contribution in [3.8, 4) is 0 Å². The van der Waals surface area contributed by atoms with Gasteiger partial charge < -0.3 is 10.6 Å². The number of nitrogens with one attached hydrogen (secondary N) is 3. The van der Waals surface area contributed by atoms with E-state index >= 15 is 0 Å². The van der Waals surface area contributed by atoms with Crippen LogP contribution < -0.4 is 16.0 Å². The minimum atomic E-state index is -0.322. The highest BCUT2D eigenvalue weighted by Crippen LogP contribution is 2.12. The average molecular weight is 369 g/mol. The van der Waals surface area contributed by atoms with Crippen molar-refractivity contribution in [3.05, 3.63) is 65.2 Å². The van der Waals surface area contributed by atoms with Crippen LogP contribution in [0.2, 0.25) is 0 Å². The number of rotatable bonds is 3. The Morgan fingerprint density at radius 2 is 1.54 bits per heavy atom. The van der Waals surface area contributed by atoms with Gasteiger partial charge in [-0.2, -0.15) is 0 Å². The quantitative estimate of drug-likeness (QED) is 0.722. The van der Waals surface area contributed by atoms with E-state index in [1.165, 1.54) is 0 Å². The van der Waals surface area contributed by atoms with E-state index in [2.05, 4.69) is 16.0 Å². The Morgan fingerprint density at radius 3 is 2.15 bits per heavy atom. The van der Waals surface area contributed by atoms with Crippen molar-refractivity contribution in [2.24, 2.45) is 0 Å². The molecule has 136 valence electrons. The van der Waals surface area contributed by atoms with Crippen LogP contribution >= 0.6 is 12.2 Å². The smallest absolute Gasteiger partial charge is 0.257 e. The molecule has 0 heterocycles. The molecule has 6 heteroatoms. The van der Waals surface area contributed by atoms with Crippen molar-refractivity contribution in [2.75, 3.05) is 5.32 Å². The molecule has 0 fully saturated rings. The standard InChI is InChI=1S/C20H23N3O2S/c1-13-7-5-8-14(11-13)17(24)22-19(26)21-16-10-6-9-15(12-16)18(25)23-20(2,3)4/h5-12H,1-4H3,(H,23,25)(H2,21,22,24,26). The van der Waals surface area contributed by atoms with E-state index in [1.54, 1.807) is 36.4 Å². The van der Waals surface area contributed by atoms with E-state index in [0.29, 0.717) is 16.8 Å². The fraction of sp³-hybridized carbons (Fsp3) is 0.250. The summed E-state index contributed by atoms with van der Waals surface area (Å²) in [7, 11) is 0. The Labute approximate surface area is 159 Å². The molecule has 0 bridgehead atoms. The van der Waals surface area contributed by atoms with Gasteiger partial charge in [0.05, 0.1) is 0 Å². The molecule has 5 nitrogen and oxygen atoms in total. The minimum Gasteiger partial charge on any atom is -0.347 e. The fourth-order valence-electron chi connectivity index (χ4n) is 2.27. The lowest BCUT2D eigenvalue weighted by atomic mass is 10.1. The van der Waals surface area contributed by atoms with Crippen LogP contribution in [-0.4, -0.2) is 22.5 Å². The first-order valence-corrected chi connectivity index (χ1v) is 8.66. The fourth-order valence-corrected chi connectivity index (χ4v) is 2.49. The molecule has 2 rings (SSSR count). The molecule has 0 saturated carbocycles. The molecule has 26 heavy (non-hydrogen) atoms. The van der Waals surface area contributed by atoms with E-state index in [0.717, 1.165) is 5.56 Å². The molecular weight excluding hydrogens is 346 g/mol. The van der Waals surface area contributed by atoms with Crippen LogP contribution in [0.4, 0.5) is 5.69 Å². The first-order chi connectivity index (χ1) is 12.1. The first-order valence-electron chi connectivity index (χ1n) is 8.26. The number of carbonyl (C=O) groups excluding carboxylic acids is 2. The Morgan fingerprint density at radius 1 is 0.923 bits per heavy atom. The number of hydrogen-bond acceptors (Lipinski definition) is 3. The van der Waals surface area contributed by atoms with Crippen LogP contribution in [0, 0.1) is 6.92 Å². The summed E-state index contributed by atoms with van der Waals surface area (Å²) < 4.78 is 0. The zero-order valence-corrected chi connectivity index (χ0v) is 16.2. The first kappa shape index (κ1) is 19.6. The van der Waals surface area contributed by atoms with Crippen molar-refractivity contribution in [1.82, 2.24) is 10.6 Å². The second-order valence-electron chi connectivity index (χ2n) is 7.06. The largest absolute Gasteiger partial charge is 0.347 e. The van der Waals surface area contributed by atoms with Crippen molar-refractivity contribution in [2.45, 2.75) is 33.2 Å². The Balaban J connectivity index is 2.02. The van der Waals surface area contributed by atoms with Gasteiger partial charge in [-0.1, -0.05) is 23.8 Å². The third-order valence-electron chi connectivity index (χ3n) is 3.38. The Bertz CT molecular complexity index is 841. The van der Waals surface area contributed by atoms with Crippen LogP contribution in [0.3, 0.4) is 0 Å². The molecule has 0 aliphatic carbocycles. The van der Waals surface area contributed by atoms with Crippen molar-refractivity contribution in [1.29, 1.82) is 0 Å². The maximum Gasteiger partial charge on any atom is 0.257 e. The average Bonchev–Trinajstić information content (AvgIpc) is 2.53. The van der Waals surface area contributed by atoms with E-state index < -0.39 is 0 Å². The number of anilines is 1. The number of carbonyl (C=O) groups is 2. The number of amides is 2. The number of hydrogen-bond donors (Lipinski definition) is 3. The highest BCUT2D eigenvalue weighted by molar-refractivity contribution is 7.80. The normalized spacial score (nSPS) is 10.8. The molecule has 0 aromatic heterocycles. The van der Waals surface area contributed by atoms with Gasteiger partial charge >= 0.3 is 0 Å². The second kappa shape index (κ2) is 8.10. The lowest BCUT2D eigenvalue weighted by molar-refractivity contribution is 0.0918. The van der Waals surface area contributed by atoms with Crippen molar-refractivity contribution >= 4 is 34.8 Å². The van der Waals surface area contributed by atoms with E-state index in [-0.39, 0.29) is 22.5 Å². The Hall–Kier alpha value is -2.73. The lowest BCUT2D eigenvalue weighted by Crippen LogP contribution is -2.40. The van der Waals surface area contributed by atoms with Crippen molar-refractivity contribution < 1.29 is 9.59 Å². The van der Waals surface area contributed by atoms with Gasteiger partial charge in [-0.3, -0.25) is 14.9 Å². The third kappa shape index (κ3) is 5.97. The van der Waals surface area contributed by atoms with Gasteiger partial charge in [0.15, 0.2) is 5.11 Å². The van der Waals surface area contributed by atoms with Crippen LogP contribution in [0.5, 0.6) is 0 Å². The predicted molar refractivity (Wildman–Crippen MR) is 109 cm³/mol. The zero-order chi connectivity index (χ0) is 19.3. The van der Waals surface area contributed by atoms with E-state index in [9.17, 15) is 9.59 Å². The molecule has 2 amide bonds. The highest BCUT2D eigenvalue weighted by Gasteiger charge is 2.15. The summed E-state index contributed by atoms with van der Waals surface area (Å²) in [4.78, 5) is 24.5. The summed E-state index contributed by atoms with van der Waals surface area (Å²) in [6.07, 6.45) is 0. The summed E-state index contributed by atoms with van der Waals surface area (Å²) >= 11 is 5.20. The second-order valence-corrected chi connectivity index (χ2v) is 7.47. The third-order valence-corrected chi connectivity index (χ3v) is 3.58.